The fraction of sp³-hybridized carbons (Fsp3) is 0.562. The Labute approximate surface area is 126 Å². The van der Waals surface area contributed by atoms with Gasteiger partial charge in [0.15, 0.2) is 6.10 Å². The van der Waals surface area contributed by atoms with E-state index in [1.807, 2.05) is 31.2 Å². The number of carbonyl (C=O) groups is 1. The molecule has 1 N–H and O–H groups in total. The Bertz CT molecular complexity index is 441. The third-order valence-electron chi connectivity index (χ3n) is 3.53. The molecule has 1 aromatic rings. The summed E-state index contributed by atoms with van der Waals surface area (Å²) in [6.07, 6.45) is -0.489. The fourth-order valence-electron chi connectivity index (χ4n) is 2.18. The predicted octanol–water partition coefficient (Wildman–Crippen LogP) is 1.21. The predicted molar refractivity (Wildman–Crippen MR) is 81.5 cm³/mol. The van der Waals surface area contributed by atoms with Crippen molar-refractivity contribution in [1.82, 2.24) is 10.2 Å². The highest BCUT2D eigenvalue weighted by Crippen LogP contribution is 2.13. The summed E-state index contributed by atoms with van der Waals surface area (Å²) in [7, 11) is 0. The molecular weight excluding hydrogens is 268 g/mol. The summed E-state index contributed by atoms with van der Waals surface area (Å²) in [4.78, 5) is 14.3. The van der Waals surface area contributed by atoms with Crippen LogP contribution in [0.4, 0.5) is 0 Å². The maximum absolute atomic E-state index is 12.0. The summed E-state index contributed by atoms with van der Waals surface area (Å²) in [5.74, 6) is 0.639. The second-order valence-electron chi connectivity index (χ2n) is 5.32. The van der Waals surface area contributed by atoms with Crippen LogP contribution in [-0.2, 0) is 9.53 Å². The van der Waals surface area contributed by atoms with Crippen molar-refractivity contribution < 1.29 is 14.3 Å². The van der Waals surface area contributed by atoms with Crippen molar-refractivity contribution >= 4 is 5.91 Å². The van der Waals surface area contributed by atoms with E-state index in [4.69, 9.17) is 9.47 Å². The highest BCUT2D eigenvalue weighted by Gasteiger charge is 2.15. The van der Waals surface area contributed by atoms with Crippen LogP contribution in [0.15, 0.2) is 24.3 Å². The zero-order valence-electron chi connectivity index (χ0n) is 12.8. The molecule has 0 bridgehead atoms. The van der Waals surface area contributed by atoms with Gasteiger partial charge < -0.3 is 14.8 Å². The number of ether oxygens (including phenoxy) is 2. The van der Waals surface area contributed by atoms with Crippen LogP contribution in [0.1, 0.15) is 12.5 Å². The summed E-state index contributed by atoms with van der Waals surface area (Å²) in [6, 6.07) is 7.70. The summed E-state index contributed by atoms with van der Waals surface area (Å²) in [5, 5.41) is 2.91. The molecule has 1 aliphatic rings. The molecule has 0 spiro atoms. The van der Waals surface area contributed by atoms with Crippen LogP contribution in [0, 0.1) is 6.92 Å². The lowest BCUT2D eigenvalue weighted by Crippen LogP contribution is -2.43. The molecule has 5 heteroatoms. The van der Waals surface area contributed by atoms with E-state index in [9.17, 15) is 4.79 Å². The second kappa shape index (κ2) is 8.00. The molecule has 2 rings (SSSR count). The van der Waals surface area contributed by atoms with E-state index in [2.05, 4.69) is 10.2 Å². The quantitative estimate of drug-likeness (QED) is 0.856. The van der Waals surface area contributed by atoms with Crippen molar-refractivity contribution in [1.29, 1.82) is 0 Å². The zero-order valence-corrected chi connectivity index (χ0v) is 12.8. The molecule has 1 fully saturated rings. The fourth-order valence-corrected chi connectivity index (χ4v) is 2.18. The summed E-state index contributed by atoms with van der Waals surface area (Å²) < 4.78 is 10.9. The monoisotopic (exact) mass is 292 g/mol. The Balaban J connectivity index is 1.68. The highest BCUT2D eigenvalue weighted by molar-refractivity contribution is 5.80. The lowest BCUT2D eigenvalue weighted by molar-refractivity contribution is -0.127. The minimum absolute atomic E-state index is 0.0798. The Morgan fingerprint density at radius 1 is 1.33 bits per heavy atom. The first-order chi connectivity index (χ1) is 10.1. The molecule has 0 aromatic heterocycles. The van der Waals surface area contributed by atoms with Crippen molar-refractivity contribution in [3.05, 3.63) is 29.8 Å². The summed E-state index contributed by atoms with van der Waals surface area (Å²) >= 11 is 0. The number of morpholine rings is 1. The maximum atomic E-state index is 12.0. The van der Waals surface area contributed by atoms with Gasteiger partial charge in [-0.3, -0.25) is 9.69 Å². The first-order valence-electron chi connectivity index (χ1n) is 7.46. The average Bonchev–Trinajstić information content (AvgIpc) is 2.50. The van der Waals surface area contributed by atoms with Crippen molar-refractivity contribution in [2.75, 3.05) is 39.4 Å². The molecule has 1 amide bonds. The van der Waals surface area contributed by atoms with Crippen molar-refractivity contribution in [2.45, 2.75) is 20.0 Å². The van der Waals surface area contributed by atoms with Gasteiger partial charge in [-0.05, 0) is 26.0 Å². The third-order valence-corrected chi connectivity index (χ3v) is 3.53. The van der Waals surface area contributed by atoms with Gasteiger partial charge in [0.25, 0.3) is 5.91 Å². The highest BCUT2D eigenvalue weighted by atomic mass is 16.5. The summed E-state index contributed by atoms with van der Waals surface area (Å²) in [5.41, 5.74) is 1.17. The number of nitrogens with one attached hydrogen (secondary N) is 1. The molecule has 1 aliphatic heterocycles. The number of rotatable bonds is 6. The molecule has 21 heavy (non-hydrogen) atoms. The molecule has 0 saturated carbocycles. The normalized spacial score (nSPS) is 17.2. The van der Waals surface area contributed by atoms with Crippen LogP contribution >= 0.6 is 0 Å². The van der Waals surface area contributed by atoms with Gasteiger partial charge in [0.1, 0.15) is 5.75 Å². The molecule has 1 aromatic carbocycles. The average molecular weight is 292 g/mol. The van der Waals surface area contributed by atoms with Gasteiger partial charge >= 0.3 is 0 Å². The minimum Gasteiger partial charge on any atom is -0.481 e. The van der Waals surface area contributed by atoms with Crippen LogP contribution in [0.3, 0.4) is 0 Å². The van der Waals surface area contributed by atoms with E-state index in [0.29, 0.717) is 6.54 Å². The van der Waals surface area contributed by atoms with Crippen LogP contribution < -0.4 is 10.1 Å². The third kappa shape index (κ3) is 5.36. The Morgan fingerprint density at radius 3 is 2.67 bits per heavy atom. The zero-order chi connectivity index (χ0) is 15.1. The van der Waals surface area contributed by atoms with E-state index >= 15 is 0 Å². The molecule has 1 unspecified atom stereocenters. The van der Waals surface area contributed by atoms with Crippen molar-refractivity contribution in [3.63, 3.8) is 0 Å². The molecule has 0 radical (unpaired) electrons. The molecule has 0 aliphatic carbocycles. The number of hydrogen-bond acceptors (Lipinski definition) is 4. The molecule has 5 nitrogen and oxygen atoms in total. The van der Waals surface area contributed by atoms with E-state index < -0.39 is 6.10 Å². The van der Waals surface area contributed by atoms with Gasteiger partial charge in [0, 0.05) is 26.2 Å². The van der Waals surface area contributed by atoms with E-state index in [1.165, 1.54) is 5.56 Å². The second-order valence-corrected chi connectivity index (χ2v) is 5.32. The van der Waals surface area contributed by atoms with Gasteiger partial charge in [-0.25, -0.2) is 0 Å². The number of nitrogens with zero attached hydrogens (tertiary/aromatic N) is 1. The SMILES string of the molecule is Cc1ccc(OC(C)C(=O)NCCN2CCOCC2)cc1. The Kier molecular flexibility index (Phi) is 6.02. The maximum Gasteiger partial charge on any atom is 0.260 e. The van der Waals surface area contributed by atoms with Gasteiger partial charge in [0.2, 0.25) is 0 Å². The van der Waals surface area contributed by atoms with Gasteiger partial charge in [-0.15, -0.1) is 0 Å². The first kappa shape index (κ1) is 15.8. The number of benzene rings is 1. The molecule has 1 atom stereocenters. The van der Waals surface area contributed by atoms with E-state index in [0.717, 1.165) is 38.6 Å². The molecule has 1 saturated heterocycles. The largest absolute Gasteiger partial charge is 0.481 e. The van der Waals surface area contributed by atoms with Crippen LogP contribution in [-0.4, -0.2) is 56.3 Å². The van der Waals surface area contributed by atoms with Crippen LogP contribution in [0.25, 0.3) is 0 Å². The smallest absolute Gasteiger partial charge is 0.260 e. The topological polar surface area (TPSA) is 50.8 Å². The van der Waals surface area contributed by atoms with Crippen molar-refractivity contribution in [3.8, 4) is 5.75 Å². The standard InChI is InChI=1S/C16H24N2O3/c1-13-3-5-15(6-4-13)21-14(2)16(19)17-7-8-18-9-11-20-12-10-18/h3-6,14H,7-12H2,1-2H3,(H,17,19). The summed E-state index contributed by atoms with van der Waals surface area (Å²) in [6.45, 7) is 8.71. The number of aryl methyl sites for hydroxylation is 1. The van der Waals surface area contributed by atoms with E-state index in [1.54, 1.807) is 6.92 Å². The van der Waals surface area contributed by atoms with Gasteiger partial charge in [-0.2, -0.15) is 0 Å². The van der Waals surface area contributed by atoms with Crippen LogP contribution in [0.2, 0.25) is 0 Å². The van der Waals surface area contributed by atoms with Gasteiger partial charge in [0.05, 0.1) is 13.2 Å². The molecular formula is C16H24N2O3. The van der Waals surface area contributed by atoms with Gasteiger partial charge in [-0.1, -0.05) is 17.7 Å². The molecule has 116 valence electrons. The van der Waals surface area contributed by atoms with Crippen LogP contribution in [0.5, 0.6) is 5.75 Å². The number of amides is 1. The van der Waals surface area contributed by atoms with Crippen molar-refractivity contribution in [2.24, 2.45) is 0 Å². The Hall–Kier alpha value is -1.59. The lowest BCUT2D eigenvalue weighted by Gasteiger charge is -2.26. The molecule has 1 heterocycles. The van der Waals surface area contributed by atoms with E-state index in [-0.39, 0.29) is 5.91 Å². The number of hydrogen-bond donors (Lipinski definition) is 1. The lowest BCUT2D eigenvalue weighted by atomic mass is 10.2. The minimum atomic E-state index is -0.489. The first-order valence-corrected chi connectivity index (χ1v) is 7.46. The Morgan fingerprint density at radius 2 is 2.00 bits per heavy atom. The number of carbonyl (C=O) groups excluding carboxylic acids is 1.